The third kappa shape index (κ3) is 4.25. The average Bonchev–Trinajstić information content (AvgIpc) is 3.22. The van der Waals surface area contributed by atoms with Crippen LogP contribution in [-0.2, 0) is 0 Å². The number of benzene rings is 2. The van der Waals surface area contributed by atoms with E-state index in [9.17, 15) is 4.79 Å². The highest BCUT2D eigenvalue weighted by molar-refractivity contribution is 6.07. The van der Waals surface area contributed by atoms with Gasteiger partial charge >= 0.3 is 6.03 Å². The zero-order valence-corrected chi connectivity index (χ0v) is 16.3. The second-order valence-electron chi connectivity index (χ2n) is 6.51. The summed E-state index contributed by atoms with van der Waals surface area (Å²) in [6.07, 6.45) is 18.8. The van der Waals surface area contributed by atoms with Crippen molar-refractivity contribution in [2.45, 2.75) is 0 Å². The van der Waals surface area contributed by atoms with E-state index in [2.05, 4.69) is 10.6 Å². The Morgan fingerprint density at radius 3 is 1.43 bits per heavy atom. The number of carbonyl (C=O) groups excluding carboxylic acids is 1. The number of hydrogen-bond acceptors (Lipinski definition) is 3. The predicted molar refractivity (Wildman–Crippen MR) is 122 cm³/mol. The van der Waals surface area contributed by atoms with Crippen molar-refractivity contribution in [1.29, 1.82) is 0 Å². The Morgan fingerprint density at radius 1 is 0.567 bits per heavy atom. The molecule has 0 saturated carbocycles. The van der Waals surface area contributed by atoms with E-state index in [0.717, 1.165) is 11.4 Å². The first kappa shape index (κ1) is 19.1. The molecule has 4 rings (SSSR count). The Hall–Kier alpha value is -4.25. The number of urea groups is 1. The summed E-state index contributed by atoms with van der Waals surface area (Å²) in [6.45, 7) is 0. The molecule has 5 nitrogen and oxygen atoms in total. The van der Waals surface area contributed by atoms with Crippen LogP contribution >= 0.6 is 0 Å². The molecule has 5 heteroatoms. The molecule has 2 heterocycles. The molecular weight excluding hydrogens is 372 g/mol. The van der Waals surface area contributed by atoms with Gasteiger partial charge in [-0.3, -0.25) is 0 Å². The lowest BCUT2D eigenvalue weighted by Crippen LogP contribution is -2.46. The summed E-state index contributed by atoms with van der Waals surface area (Å²) in [5, 5.41) is 6.42. The van der Waals surface area contributed by atoms with Crippen molar-refractivity contribution in [3.05, 3.63) is 133 Å². The highest BCUT2D eigenvalue weighted by atomic mass is 16.2. The molecule has 0 spiro atoms. The van der Waals surface area contributed by atoms with Crippen LogP contribution in [0.2, 0.25) is 0 Å². The molecule has 0 atom stereocenters. The number of carbonyl (C=O) groups is 1. The van der Waals surface area contributed by atoms with Gasteiger partial charge in [0.2, 0.25) is 0 Å². The quantitative estimate of drug-likeness (QED) is 0.754. The number of rotatable bonds is 4. The molecule has 148 valence electrons. The van der Waals surface area contributed by atoms with Gasteiger partial charge in [-0.1, -0.05) is 60.7 Å². The molecule has 2 aliphatic heterocycles. The fourth-order valence-corrected chi connectivity index (χ4v) is 3.13. The first-order chi connectivity index (χ1) is 14.8. The van der Waals surface area contributed by atoms with E-state index in [1.165, 1.54) is 0 Å². The monoisotopic (exact) mass is 394 g/mol. The summed E-state index contributed by atoms with van der Waals surface area (Å²) in [4.78, 5) is 17.4. The highest BCUT2D eigenvalue weighted by Crippen LogP contribution is 2.26. The van der Waals surface area contributed by atoms with Gasteiger partial charge in [0, 0.05) is 12.4 Å². The van der Waals surface area contributed by atoms with Crippen LogP contribution in [0.3, 0.4) is 0 Å². The van der Waals surface area contributed by atoms with Crippen molar-refractivity contribution in [2.75, 3.05) is 9.80 Å². The number of hydrogen-bond donors (Lipinski definition) is 2. The van der Waals surface area contributed by atoms with Crippen molar-refractivity contribution in [3.8, 4) is 0 Å². The lowest BCUT2D eigenvalue weighted by Gasteiger charge is -2.33. The van der Waals surface area contributed by atoms with Crippen molar-refractivity contribution < 1.29 is 4.79 Å². The Kier molecular flexibility index (Phi) is 5.91. The maximum atomic E-state index is 14.1. The molecule has 0 fully saturated rings. The molecule has 30 heavy (non-hydrogen) atoms. The van der Waals surface area contributed by atoms with E-state index < -0.39 is 0 Å². The zero-order chi connectivity index (χ0) is 20.6. The van der Waals surface area contributed by atoms with E-state index in [0.29, 0.717) is 11.6 Å². The molecule has 2 N–H and O–H groups in total. The normalized spacial score (nSPS) is 14.5. The number of amides is 2. The van der Waals surface area contributed by atoms with E-state index in [1.54, 1.807) is 22.2 Å². The van der Waals surface area contributed by atoms with Crippen LogP contribution in [0.1, 0.15) is 0 Å². The standard InChI is InChI=1S/C25H22N4O/c30-25(28(21-13-5-1-6-14-21)23-17-9-3-11-19-26-23)29(22-15-7-2-8-16-22)24-18-10-4-12-20-27-24/h1-20,26-27H. The maximum Gasteiger partial charge on any atom is 0.340 e. The minimum absolute atomic E-state index is 0.225. The van der Waals surface area contributed by atoms with Gasteiger partial charge in [-0.2, -0.15) is 0 Å². The third-order valence-corrected chi connectivity index (χ3v) is 4.50. The van der Waals surface area contributed by atoms with Gasteiger partial charge in [0.15, 0.2) is 0 Å². The van der Waals surface area contributed by atoms with Gasteiger partial charge in [0.05, 0.1) is 11.4 Å². The lowest BCUT2D eigenvalue weighted by molar-refractivity contribution is 0.253. The zero-order valence-electron chi connectivity index (χ0n) is 16.3. The molecule has 0 saturated heterocycles. The maximum absolute atomic E-state index is 14.1. The molecule has 2 aliphatic rings. The highest BCUT2D eigenvalue weighted by Gasteiger charge is 2.29. The summed E-state index contributed by atoms with van der Waals surface area (Å²) in [6, 6.07) is 19.0. The van der Waals surface area contributed by atoms with Gasteiger partial charge in [0.25, 0.3) is 0 Å². The van der Waals surface area contributed by atoms with E-state index in [-0.39, 0.29) is 6.03 Å². The van der Waals surface area contributed by atoms with Gasteiger partial charge in [-0.25, -0.2) is 14.6 Å². The number of allylic oxidation sites excluding steroid dienone is 8. The summed E-state index contributed by atoms with van der Waals surface area (Å²) in [7, 11) is 0. The van der Waals surface area contributed by atoms with Gasteiger partial charge < -0.3 is 10.6 Å². The number of nitrogens with one attached hydrogen (secondary N) is 2. The molecule has 0 unspecified atom stereocenters. The van der Waals surface area contributed by atoms with Crippen molar-refractivity contribution >= 4 is 17.4 Å². The molecule has 0 aromatic heterocycles. The van der Waals surface area contributed by atoms with Crippen LogP contribution in [-0.4, -0.2) is 6.03 Å². The first-order valence-corrected chi connectivity index (χ1v) is 9.69. The molecule has 0 bridgehead atoms. The van der Waals surface area contributed by atoms with Crippen LogP contribution in [0, 0.1) is 0 Å². The minimum Gasteiger partial charge on any atom is -0.348 e. The molecular formula is C25H22N4O. The topological polar surface area (TPSA) is 47.6 Å². The molecule has 0 aliphatic carbocycles. The van der Waals surface area contributed by atoms with E-state index in [4.69, 9.17) is 0 Å². The largest absolute Gasteiger partial charge is 0.348 e. The van der Waals surface area contributed by atoms with Gasteiger partial charge in [-0.15, -0.1) is 0 Å². The van der Waals surface area contributed by atoms with Gasteiger partial charge in [-0.05, 0) is 48.6 Å². The lowest BCUT2D eigenvalue weighted by atomic mass is 10.2. The third-order valence-electron chi connectivity index (χ3n) is 4.50. The predicted octanol–water partition coefficient (Wildman–Crippen LogP) is 5.15. The van der Waals surface area contributed by atoms with Crippen LogP contribution < -0.4 is 20.4 Å². The first-order valence-electron chi connectivity index (χ1n) is 9.69. The summed E-state index contributed by atoms with van der Waals surface area (Å²) >= 11 is 0. The summed E-state index contributed by atoms with van der Waals surface area (Å²) in [5.74, 6) is 1.30. The second-order valence-corrected chi connectivity index (χ2v) is 6.51. The number of anilines is 2. The fraction of sp³-hybridized carbons (Fsp3) is 0. The van der Waals surface area contributed by atoms with E-state index >= 15 is 0 Å². The Balaban J connectivity index is 1.82. The molecule has 2 amide bonds. The SMILES string of the molecule is O=C(N(C1=CC=CC=CN1)c1ccccc1)N(C1=CC=CC=CN1)c1ccccc1. The van der Waals surface area contributed by atoms with Crippen LogP contribution in [0.15, 0.2) is 133 Å². The molecule has 2 aromatic rings. The minimum atomic E-state index is -0.225. The fourth-order valence-electron chi connectivity index (χ4n) is 3.13. The Morgan fingerprint density at radius 2 is 1.00 bits per heavy atom. The smallest absolute Gasteiger partial charge is 0.340 e. The van der Waals surface area contributed by atoms with E-state index in [1.807, 2.05) is 109 Å². The Labute approximate surface area is 176 Å². The molecule has 0 radical (unpaired) electrons. The average molecular weight is 394 g/mol. The van der Waals surface area contributed by atoms with Crippen LogP contribution in [0.4, 0.5) is 16.2 Å². The van der Waals surface area contributed by atoms with Crippen molar-refractivity contribution in [1.82, 2.24) is 10.6 Å². The summed E-state index contributed by atoms with van der Waals surface area (Å²) < 4.78 is 0. The molecule has 2 aromatic carbocycles. The van der Waals surface area contributed by atoms with Crippen LogP contribution in [0.5, 0.6) is 0 Å². The summed E-state index contributed by atoms with van der Waals surface area (Å²) in [5.41, 5.74) is 1.51. The second kappa shape index (κ2) is 9.30. The number of nitrogens with zero attached hydrogens (tertiary/aromatic N) is 2. The number of para-hydroxylation sites is 2. The van der Waals surface area contributed by atoms with Crippen molar-refractivity contribution in [3.63, 3.8) is 0 Å². The van der Waals surface area contributed by atoms with Gasteiger partial charge in [0.1, 0.15) is 11.6 Å². The van der Waals surface area contributed by atoms with Crippen molar-refractivity contribution in [2.24, 2.45) is 0 Å². The Bertz CT molecular complexity index is 977. The van der Waals surface area contributed by atoms with Crippen LogP contribution in [0.25, 0.3) is 0 Å².